The predicted molar refractivity (Wildman–Crippen MR) is 139 cm³/mol. The van der Waals surface area contributed by atoms with E-state index in [0.29, 0.717) is 24.8 Å². The van der Waals surface area contributed by atoms with Crippen molar-refractivity contribution in [2.45, 2.75) is 32.7 Å². The molecule has 0 bridgehead atoms. The van der Waals surface area contributed by atoms with Gasteiger partial charge in [-0.3, -0.25) is 19.3 Å². The molecular formula is C28H26N6O3. The van der Waals surface area contributed by atoms with Gasteiger partial charge in [0.2, 0.25) is 5.91 Å². The maximum atomic E-state index is 13.6. The minimum Gasteiger partial charge on any atom is -0.422 e. The predicted octanol–water partition coefficient (Wildman–Crippen LogP) is 4.16. The Labute approximate surface area is 212 Å². The Morgan fingerprint density at radius 1 is 1.05 bits per heavy atom. The van der Waals surface area contributed by atoms with Crippen molar-refractivity contribution < 1.29 is 9.21 Å². The number of oxazole rings is 1. The van der Waals surface area contributed by atoms with Crippen LogP contribution in [-0.4, -0.2) is 48.6 Å². The summed E-state index contributed by atoms with van der Waals surface area (Å²) in [7, 11) is 0. The van der Waals surface area contributed by atoms with Gasteiger partial charge in [0.1, 0.15) is 5.82 Å². The van der Waals surface area contributed by atoms with E-state index in [-0.39, 0.29) is 34.5 Å². The molecule has 9 heteroatoms. The SMILES string of the molecule is Cc1nc2c(=O)n(C[C@@H]3CCN(C(=O)C4CC4)C3)c(-c3ccc(-c4ccc5[nH]ncc5c4)cc3)nc2o1. The number of aromatic nitrogens is 5. The fraction of sp³-hybridized carbons (Fsp3) is 0.321. The van der Waals surface area contributed by atoms with Crippen LogP contribution in [0.3, 0.4) is 0 Å². The number of benzene rings is 2. The lowest BCUT2D eigenvalue weighted by Gasteiger charge is -2.18. The quantitative estimate of drug-likeness (QED) is 0.393. The van der Waals surface area contributed by atoms with Crippen molar-refractivity contribution in [3.05, 3.63) is 64.9 Å². The molecule has 5 aromatic rings. The molecule has 1 amide bonds. The van der Waals surface area contributed by atoms with Crippen LogP contribution in [0.15, 0.2) is 57.9 Å². The van der Waals surface area contributed by atoms with E-state index in [2.05, 4.69) is 27.3 Å². The van der Waals surface area contributed by atoms with Gasteiger partial charge in [-0.25, -0.2) is 4.98 Å². The number of hydrogen-bond donors (Lipinski definition) is 1. The van der Waals surface area contributed by atoms with E-state index < -0.39 is 0 Å². The van der Waals surface area contributed by atoms with E-state index in [1.54, 1.807) is 11.5 Å². The van der Waals surface area contributed by atoms with Crippen LogP contribution in [-0.2, 0) is 11.3 Å². The van der Waals surface area contributed by atoms with Crippen LogP contribution >= 0.6 is 0 Å². The average Bonchev–Trinajstić information content (AvgIpc) is 3.29. The van der Waals surface area contributed by atoms with E-state index in [1.165, 1.54) is 0 Å². The van der Waals surface area contributed by atoms with Gasteiger partial charge in [0, 0.05) is 43.4 Å². The van der Waals surface area contributed by atoms with Crippen LogP contribution < -0.4 is 5.56 Å². The number of amides is 1. The zero-order valence-electron chi connectivity index (χ0n) is 20.5. The molecule has 4 heterocycles. The normalized spacial score (nSPS) is 17.8. The number of likely N-dealkylation sites (tertiary alicyclic amines) is 1. The van der Waals surface area contributed by atoms with E-state index >= 15 is 0 Å². The molecule has 0 radical (unpaired) electrons. The third-order valence-electron chi connectivity index (χ3n) is 7.51. The second kappa shape index (κ2) is 8.40. The zero-order chi connectivity index (χ0) is 25.1. The minimum absolute atomic E-state index is 0.187. The molecule has 1 saturated heterocycles. The molecule has 7 rings (SSSR count). The van der Waals surface area contributed by atoms with Crippen molar-refractivity contribution in [1.29, 1.82) is 0 Å². The first-order chi connectivity index (χ1) is 18.0. The standard InChI is InChI=1S/C28H26N6O3/c1-16-30-24-26(37-16)31-25(34(28(24)36)15-17-10-11-33(14-17)27(35)20-6-7-20)19-4-2-18(3-5-19)21-8-9-23-22(12-21)13-29-32-23/h2-5,8-9,12-13,17,20H,6-7,10-11,14-15H2,1H3,(H,29,32)/t17-/m1/s1. The maximum Gasteiger partial charge on any atom is 0.283 e. The van der Waals surface area contributed by atoms with E-state index in [9.17, 15) is 9.59 Å². The summed E-state index contributed by atoms with van der Waals surface area (Å²) in [5, 5.41) is 8.13. The summed E-state index contributed by atoms with van der Waals surface area (Å²) in [4.78, 5) is 37.1. The number of H-pyrrole nitrogens is 1. The van der Waals surface area contributed by atoms with E-state index in [1.807, 2.05) is 41.4 Å². The van der Waals surface area contributed by atoms with Gasteiger partial charge in [0.05, 0.1) is 11.7 Å². The Kier molecular flexibility index (Phi) is 4.99. The van der Waals surface area contributed by atoms with Crippen molar-refractivity contribution >= 4 is 28.0 Å². The fourth-order valence-corrected chi connectivity index (χ4v) is 5.36. The second-order valence-corrected chi connectivity index (χ2v) is 10.2. The summed E-state index contributed by atoms with van der Waals surface area (Å²) in [6, 6.07) is 14.2. The van der Waals surface area contributed by atoms with Gasteiger partial charge < -0.3 is 9.32 Å². The van der Waals surface area contributed by atoms with Crippen molar-refractivity contribution in [1.82, 2.24) is 29.6 Å². The van der Waals surface area contributed by atoms with Crippen LogP contribution in [0, 0.1) is 18.8 Å². The third-order valence-corrected chi connectivity index (χ3v) is 7.51. The highest BCUT2D eigenvalue weighted by atomic mass is 16.4. The Hall–Kier alpha value is -4.27. The van der Waals surface area contributed by atoms with Gasteiger partial charge in [-0.15, -0.1) is 0 Å². The lowest BCUT2D eigenvalue weighted by molar-refractivity contribution is -0.131. The molecule has 0 unspecified atom stereocenters. The van der Waals surface area contributed by atoms with Gasteiger partial charge >= 0.3 is 0 Å². The van der Waals surface area contributed by atoms with Gasteiger partial charge in [0.25, 0.3) is 11.3 Å². The summed E-state index contributed by atoms with van der Waals surface area (Å²) in [5.41, 5.74) is 4.24. The smallest absolute Gasteiger partial charge is 0.283 e. The lowest BCUT2D eigenvalue weighted by Crippen LogP contribution is -2.32. The number of aromatic amines is 1. The highest BCUT2D eigenvalue weighted by Crippen LogP contribution is 2.33. The molecule has 1 aliphatic carbocycles. The molecule has 37 heavy (non-hydrogen) atoms. The average molecular weight is 495 g/mol. The number of nitrogens with one attached hydrogen (secondary N) is 1. The van der Waals surface area contributed by atoms with Gasteiger partial charge in [0.15, 0.2) is 11.4 Å². The topological polar surface area (TPSA) is 110 Å². The number of carbonyl (C=O) groups is 1. The molecule has 3 aromatic heterocycles. The van der Waals surface area contributed by atoms with Crippen LogP contribution in [0.2, 0.25) is 0 Å². The summed E-state index contributed by atoms with van der Waals surface area (Å²) in [6.07, 6.45) is 4.69. The highest BCUT2D eigenvalue weighted by Gasteiger charge is 2.37. The first-order valence-corrected chi connectivity index (χ1v) is 12.7. The molecule has 186 valence electrons. The van der Waals surface area contributed by atoms with E-state index in [4.69, 9.17) is 9.40 Å². The van der Waals surface area contributed by atoms with Crippen LogP contribution in [0.1, 0.15) is 25.2 Å². The number of carbonyl (C=O) groups excluding carboxylic acids is 1. The van der Waals surface area contributed by atoms with Crippen molar-refractivity contribution in [2.75, 3.05) is 13.1 Å². The number of aryl methyl sites for hydroxylation is 1. The van der Waals surface area contributed by atoms with Gasteiger partial charge in [-0.05, 0) is 48.4 Å². The lowest BCUT2D eigenvalue weighted by atomic mass is 10.0. The Morgan fingerprint density at radius 3 is 2.65 bits per heavy atom. The third kappa shape index (κ3) is 3.91. The minimum atomic E-state index is -0.210. The van der Waals surface area contributed by atoms with E-state index in [0.717, 1.165) is 53.4 Å². The molecule has 2 fully saturated rings. The summed E-state index contributed by atoms with van der Waals surface area (Å²) in [6.45, 7) is 3.62. The largest absolute Gasteiger partial charge is 0.422 e. The first-order valence-electron chi connectivity index (χ1n) is 12.7. The Bertz CT molecular complexity index is 1710. The summed E-state index contributed by atoms with van der Waals surface area (Å²) >= 11 is 0. The number of nitrogens with zero attached hydrogens (tertiary/aromatic N) is 5. The maximum absolute atomic E-state index is 13.6. The molecule has 1 N–H and O–H groups in total. The molecule has 9 nitrogen and oxygen atoms in total. The van der Waals surface area contributed by atoms with Crippen LogP contribution in [0.5, 0.6) is 0 Å². The Morgan fingerprint density at radius 2 is 1.84 bits per heavy atom. The van der Waals surface area contributed by atoms with Gasteiger partial charge in [-0.2, -0.15) is 10.1 Å². The van der Waals surface area contributed by atoms with Crippen molar-refractivity contribution in [3.63, 3.8) is 0 Å². The van der Waals surface area contributed by atoms with Gasteiger partial charge in [-0.1, -0.05) is 30.3 Å². The molecule has 1 aliphatic heterocycles. The molecule has 1 atom stereocenters. The van der Waals surface area contributed by atoms with Crippen molar-refractivity contribution in [2.24, 2.45) is 11.8 Å². The monoisotopic (exact) mass is 494 g/mol. The number of rotatable bonds is 5. The molecule has 2 aliphatic rings. The van der Waals surface area contributed by atoms with Crippen LogP contribution in [0.25, 0.3) is 44.6 Å². The molecule has 0 spiro atoms. The number of hydrogen-bond acceptors (Lipinski definition) is 6. The molecule has 2 aromatic carbocycles. The zero-order valence-corrected chi connectivity index (χ0v) is 20.5. The first kappa shape index (κ1) is 22.0. The molecular weight excluding hydrogens is 468 g/mol. The summed E-state index contributed by atoms with van der Waals surface area (Å²) < 4.78 is 7.36. The number of fused-ring (bicyclic) bond motifs is 2. The summed E-state index contributed by atoms with van der Waals surface area (Å²) in [5.74, 6) is 1.63. The van der Waals surface area contributed by atoms with Crippen molar-refractivity contribution in [3.8, 4) is 22.5 Å². The van der Waals surface area contributed by atoms with Crippen LogP contribution in [0.4, 0.5) is 0 Å². The fourth-order valence-electron chi connectivity index (χ4n) is 5.36. The molecule has 1 saturated carbocycles. The second-order valence-electron chi connectivity index (χ2n) is 10.2. The highest BCUT2D eigenvalue weighted by molar-refractivity contribution is 5.84. The Balaban J connectivity index is 1.24.